The van der Waals surface area contributed by atoms with Gasteiger partial charge < -0.3 is 15.3 Å². The van der Waals surface area contributed by atoms with Crippen LogP contribution in [0.1, 0.15) is 43.7 Å². The lowest BCUT2D eigenvalue weighted by molar-refractivity contribution is -0.0861. The molecule has 1 saturated heterocycles. The number of nitrogens with one attached hydrogen (secondary N) is 1. The molecule has 1 aliphatic heterocycles. The second-order valence-corrected chi connectivity index (χ2v) is 6.62. The molecule has 20 heavy (non-hydrogen) atoms. The third-order valence-electron chi connectivity index (χ3n) is 5.16. The Bertz CT molecular complexity index is 453. The Balaban J connectivity index is 1.84. The number of hydrogen-bond donors (Lipinski definition) is 2. The molecule has 1 heterocycles. The highest BCUT2D eigenvalue weighted by atomic mass is 16.3. The molecule has 0 unspecified atom stereocenters. The third-order valence-corrected chi connectivity index (χ3v) is 5.16. The van der Waals surface area contributed by atoms with Crippen LogP contribution in [0.4, 0.5) is 5.69 Å². The van der Waals surface area contributed by atoms with Crippen molar-refractivity contribution in [3.63, 3.8) is 0 Å². The standard InChI is InChI=1S/C17H26N2O/c1-19(2)14-8-6-13(7-9-14)16-15-5-3-4-10-17(15,20)11-12-18-16/h6-9,15-16,18,20H,3-5,10-12H2,1-2H3/t15-,16+,17+/m1/s1. The van der Waals surface area contributed by atoms with Crippen molar-refractivity contribution in [1.82, 2.24) is 5.32 Å². The molecule has 1 aliphatic carbocycles. The number of piperidine rings is 1. The maximum atomic E-state index is 10.9. The van der Waals surface area contributed by atoms with Gasteiger partial charge in [-0.1, -0.05) is 25.0 Å². The van der Waals surface area contributed by atoms with E-state index in [1.807, 2.05) is 0 Å². The van der Waals surface area contributed by atoms with Gasteiger partial charge in [-0.05, 0) is 43.5 Å². The van der Waals surface area contributed by atoms with Crippen LogP contribution in [0, 0.1) is 5.92 Å². The highest BCUT2D eigenvalue weighted by Gasteiger charge is 2.45. The summed E-state index contributed by atoms with van der Waals surface area (Å²) in [6.07, 6.45) is 5.46. The zero-order chi connectivity index (χ0) is 14.2. The summed E-state index contributed by atoms with van der Waals surface area (Å²) in [6.45, 7) is 0.924. The van der Waals surface area contributed by atoms with Crippen molar-refractivity contribution in [3.05, 3.63) is 29.8 Å². The first kappa shape index (κ1) is 13.9. The summed E-state index contributed by atoms with van der Waals surface area (Å²) in [5.41, 5.74) is 2.11. The van der Waals surface area contributed by atoms with E-state index in [0.717, 1.165) is 25.8 Å². The lowest BCUT2D eigenvalue weighted by Crippen LogP contribution is -2.53. The van der Waals surface area contributed by atoms with Crippen LogP contribution in [0.3, 0.4) is 0 Å². The fourth-order valence-electron chi connectivity index (χ4n) is 3.95. The van der Waals surface area contributed by atoms with Crippen LogP contribution in [0.2, 0.25) is 0 Å². The van der Waals surface area contributed by atoms with E-state index in [2.05, 4.69) is 48.6 Å². The Morgan fingerprint density at radius 1 is 1.15 bits per heavy atom. The van der Waals surface area contributed by atoms with Gasteiger partial charge in [0.2, 0.25) is 0 Å². The Morgan fingerprint density at radius 3 is 2.60 bits per heavy atom. The van der Waals surface area contributed by atoms with Crippen LogP contribution in [-0.2, 0) is 0 Å². The zero-order valence-corrected chi connectivity index (χ0v) is 12.6. The van der Waals surface area contributed by atoms with E-state index in [1.165, 1.54) is 24.1 Å². The fraction of sp³-hybridized carbons (Fsp3) is 0.647. The smallest absolute Gasteiger partial charge is 0.0706 e. The van der Waals surface area contributed by atoms with E-state index in [1.54, 1.807) is 0 Å². The Kier molecular flexibility index (Phi) is 3.74. The molecule has 1 aromatic carbocycles. The van der Waals surface area contributed by atoms with Gasteiger partial charge in [-0.15, -0.1) is 0 Å². The first-order valence-electron chi connectivity index (χ1n) is 7.83. The van der Waals surface area contributed by atoms with E-state index in [0.29, 0.717) is 12.0 Å². The molecule has 0 aromatic heterocycles. The quantitative estimate of drug-likeness (QED) is 0.870. The van der Waals surface area contributed by atoms with Gasteiger partial charge in [-0.2, -0.15) is 0 Å². The van der Waals surface area contributed by atoms with E-state index < -0.39 is 5.60 Å². The fourth-order valence-corrected chi connectivity index (χ4v) is 3.95. The van der Waals surface area contributed by atoms with Crippen LogP contribution in [0.25, 0.3) is 0 Å². The second kappa shape index (κ2) is 5.38. The number of aliphatic hydroxyl groups is 1. The molecular formula is C17H26N2O. The van der Waals surface area contributed by atoms with Gasteiger partial charge in [0.15, 0.2) is 0 Å². The summed E-state index contributed by atoms with van der Waals surface area (Å²) in [4.78, 5) is 2.12. The largest absolute Gasteiger partial charge is 0.389 e. The predicted octanol–water partition coefficient (Wildman–Crippen LogP) is 2.71. The summed E-state index contributed by atoms with van der Waals surface area (Å²) in [5, 5.41) is 14.6. The van der Waals surface area contributed by atoms with Gasteiger partial charge >= 0.3 is 0 Å². The summed E-state index contributed by atoms with van der Waals surface area (Å²) < 4.78 is 0. The Hall–Kier alpha value is -1.06. The molecule has 2 fully saturated rings. The monoisotopic (exact) mass is 274 g/mol. The minimum atomic E-state index is -0.436. The molecule has 110 valence electrons. The van der Waals surface area contributed by atoms with Gasteiger partial charge in [0.05, 0.1) is 5.60 Å². The van der Waals surface area contributed by atoms with Gasteiger partial charge in [0.25, 0.3) is 0 Å². The van der Waals surface area contributed by atoms with Gasteiger partial charge in [0.1, 0.15) is 0 Å². The molecular weight excluding hydrogens is 248 g/mol. The summed E-state index contributed by atoms with van der Waals surface area (Å²) >= 11 is 0. The molecule has 1 saturated carbocycles. The predicted molar refractivity (Wildman–Crippen MR) is 83.0 cm³/mol. The number of nitrogens with zero attached hydrogens (tertiary/aromatic N) is 1. The van der Waals surface area contributed by atoms with Crippen molar-refractivity contribution in [2.75, 3.05) is 25.5 Å². The normalized spacial score (nSPS) is 33.5. The summed E-state index contributed by atoms with van der Waals surface area (Å²) in [7, 11) is 4.13. The SMILES string of the molecule is CN(C)c1ccc([C@@H]2NCC[C@@]3(O)CCCC[C@H]23)cc1. The van der Waals surface area contributed by atoms with Crippen LogP contribution in [-0.4, -0.2) is 31.3 Å². The van der Waals surface area contributed by atoms with E-state index in [4.69, 9.17) is 0 Å². The molecule has 3 nitrogen and oxygen atoms in total. The lowest BCUT2D eigenvalue weighted by Gasteiger charge is -2.48. The maximum absolute atomic E-state index is 10.9. The van der Waals surface area contributed by atoms with Crippen molar-refractivity contribution in [2.24, 2.45) is 5.92 Å². The average Bonchev–Trinajstić information content (AvgIpc) is 2.46. The lowest BCUT2D eigenvalue weighted by atomic mass is 9.67. The van der Waals surface area contributed by atoms with Gasteiger partial charge in [0, 0.05) is 31.7 Å². The molecule has 3 heteroatoms. The molecule has 0 amide bonds. The van der Waals surface area contributed by atoms with Crippen molar-refractivity contribution >= 4 is 5.69 Å². The molecule has 1 aromatic rings. The Labute approximate surface area is 122 Å². The summed E-state index contributed by atoms with van der Waals surface area (Å²) in [6, 6.07) is 9.09. The molecule has 0 spiro atoms. The van der Waals surface area contributed by atoms with Crippen LogP contribution in [0.5, 0.6) is 0 Å². The molecule has 3 rings (SSSR count). The van der Waals surface area contributed by atoms with Crippen molar-refractivity contribution in [3.8, 4) is 0 Å². The first-order chi connectivity index (χ1) is 9.60. The second-order valence-electron chi connectivity index (χ2n) is 6.62. The van der Waals surface area contributed by atoms with E-state index in [9.17, 15) is 5.11 Å². The van der Waals surface area contributed by atoms with Crippen LogP contribution in [0.15, 0.2) is 24.3 Å². The number of anilines is 1. The Morgan fingerprint density at radius 2 is 1.90 bits per heavy atom. The number of hydrogen-bond acceptors (Lipinski definition) is 3. The van der Waals surface area contributed by atoms with Crippen molar-refractivity contribution in [2.45, 2.75) is 43.7 Å². The van der Waals surface area contributed by atoms with Crippen molar-refractivity contribution in [1.29, 1.82) is 0 Å². The highest BCUT2D eigenvalue weighted by molar-refractivity contribution is 5.46. The summed E-state index contributed by atoms with van der Waals surface area (Å²) in [5.74, 6) is 0.371. The number of fused-ring (bicyclic) bond motifs is 1. The van der Waals surface area contributed by atoms with Crippen LogP contribution >= 0.6 is 0 Å². The average molecular weight is 274 g/mol. The minimum Gasteiger partial charge on any atom is -0.389 e. The number of rotatable bonds is 2. The maximum Gasteiger partial charge on any atom is 0.0706 e. The van der Waals surface area contributed by atoms with Gasteiger partial charge in [-0.3, -0.25) is 0 Å². The van der Waals surface area contributed by atoms with Crippen molar-refractivity contribution < 1.29 is 5.11 Å². The van der Waals surface area contributed by atoms with E-state index in [-0.39, 0.29) is 0 Å². The van der Waals surface area contributed by atoms with Gasteiger partial charge in [-0.25, -0.2) is 0 Å². The minimum absolute atomic E-state index is 0.310. The third kappa shape index (κ3) is 2.45. The molecule has 3 atom stereocenters. The molecule has 0 radical (unpaired) electrons. The zero-order valence-electron chi connectivity index (χ0n) is 12.6. The van der Waals surface area contributed by atoms with E-state index >= 15 is 0 Å². The molecule has 0 bridgehead atoms. The van der Waals surface area contributed by atoms with Crippen LogP contribution < -0.4 is 10.2 Å². The molecule has 2 aliphatic rings. The first-order valence-corrected chi connectivity index (χ1v) is 7.83. The topological polar surface area (TPSA) is 35.5 Å². The highest BCUT2D eigenvalue weighted by Crippen LogP contribution is 2.45. The molecule has 2 N–H and O–H groups in total. The number of benzene rings is 1.